The lowest BCUT2D eigenvalue weighted by Gasteiger charge is -2.34. The first-order valence-electron chi connectivity index (χ1n) is 14.1. The molecular formula is C33H32O14. The van der Waals surface area contributed by atoms with Gasteiger partial charge in [-0.3, -0.25) is 19.2 Å². The molecule has 0 radical (unpaired) electrons. The van der Waals surface area contributed by atoms with Gasteiger partial charge >= 0.3 is 29.8 Å². The standard InChI is InChI=1S/C33H32O14/c1-16(34)42-22-13-25(44-18(3)36)23-15-30(47-33(38)21-11-28(39-5)32(41-7)29(12-21)40-6)31(46-26(23)14-22)20-8-9-24(43-17(2)35)27(10-20)45-19(4)37/h8-14,30-31H,15H2,1-7H3/t30-,31+/m0/s1. The number of rotatable bonds is 10. The number of hydrogen-bond donors (Lipinski definition) is 0. The lowest BCUT2D eigenvalue weighted by molar-refractivity contribution is -0.134. The van der Waals surface area contributed by atoms with Crippen LogP contribution in [0.1, 0.15) is 55.3 Å². The Balaban J connectivity index is 1.84. The maximum atomic E-state index is 13.7. The molecule has 0 aromatic heterocycles. The van der Waals surface area contributed by atoms with Crippen LogP contribution < -0.4 is 37.9 Å². The second-order valence-corrected chi connectivity index (χ2v) is 10.1. The fourth-order valence-electron chi connectivity index (χ4n) is 4.86. The SMILES string of the molecule is COc1cc(C(=O)O[C@H]2Cc3c(OC(C)=O)cc(OC(C)=O)cc3O[C@@H]2c2ccc(OC(C)=O)c(OC(C)=O)c2)cc(OC)c1OC. The van der Waals surface area contributed by atoms with Crippen LogP contribution in [0.4, 0.5) is 0 Å². The van der Waals surface area contributed by atoms with Gasteiger partial charge < -0.3 is 42.6 Å². The van der Waals surface area contributed by atoms with E-state index in [1.54, 1.807) is 0 Å². The van der Waals surface area contributed by atoms with Crippen LogP contribution in [-0.4, -0.2) is 57.3 Å². The molecule has 14 heteroatoms. The Hall–Kier alpha value is -5.79. The van der Waals surface area contributed by atoms with E-state index in [-0.39, 0.29) is 58.0 Å². The zero-order valence-corrected chi connectivity index (χ0v) is 26.6. The van der Waals surface area contributed by atoms with E-state index in [2.05, 4.69) is 0 Å². The molecular weight excluding hydrogens is 620 g/mol. The number of esters is 5. The van der Waals surface area contributed by atoms with Gasteiger partial charge in [-0.15, -0.1) is 0 Å². The topological polar surface area (TPSA) is 168 Å². The Kier molecular flexibility index (Phi) is 10.5. The van der Waals surface area contributed by atoms with Crippen LogP contribution in [0.5, 0.6) is 46.0 Å². The Morgan fingerprint density at radius 2 is 1.21 bits per heavy atom. The van der Waals surface area contributed by atoms with E-state index in [1.807, 2.05) is 0 Å². The van der Waals surface area contributed by atoms with E-state index in [9.17, 15) is 24.0 Å². The summed E-state index contributed by atoms with van der Waals surface area (Å²) in [6.07, 6.45) is -2.21. The van der Waals surface area contributed by atoms with Crippen molar-refractivity contribution in [2.24, 2.45) is 0 Å². The predicted molar refractivity (Wildman–Crippen MR) is 160 cm³/mol. The van der Waals surface area contributed by atoms with Crippen LogP contribution in [-0.2, 0) is 30.3 Å². The Labute approximate surface area is 269 Å². The van der Waals surface area contributed by atoms with Crippen LogP contribution in [0, 0.1) is 0 Å². The third-order valence-electron chi connectivity index (χ3n) is 6.62. The Bertz CT molecular complexity index is 1700. The van der Waals surface area contributed by atoms with Gasteiger partial charge in [0.1, 0.15) is 23.4 Å². The second kappa shape index (κ2) is 14.5. The number of methoxy groups -OCH3 is 3. The molecule has 0 bridgehead atoms. The van der Waals surface area contributed by atoms with Gasteiger partial charge in [0.15, 0.2) is 29.1 Å². The summed E-state index contributed by atoms with van der Waals surface area (Å²) < 4.78 is 49.6. The van der Waals surface area contributed by atoms with Crippen molar-refractivity contribution >= 4 is 29.8 Å². The average molecular weight is 653 g/mol. The molecule has 0 aliphatic carbocycles. The third kappa shape index (κ3) is 8.09. The van der Waals surface area contributed by atoms with Gasteiger partial charge in [0, 0.05) is 57.4 Å². The molecule has 0 amide bonds. The molecule has 3 aromatic rings. The normalized spacial score (nSPS) is 14.8. The van der Waals surface area contributed by atoms with Crippen molar-refractivity contribution in [2.75, 3.05) is 21.3 Å². The minimum absolute atomic E-state index is 0.0179. The predicted octanol–water partition coefficient (Wildman–Crippen LogP) is 4.32. The summed E-state index contributed by atoms with van der Waals surface area (Å²) in [6.45, 7) is 4.76. The zero-order chi connectivity index (χ0) is 34.4. The molecule has 1 aliphatic heterocycles. The van der Waals surface area contributed by atoms with Gasteiger partial charge in [-0.2, -0.15) is 0 Å². The first-order valence-corrected chi connectivity index (χ1v) is 14.1. The van der Waals surface area contributed by atoms with Crippen LogP contribution in [0.25, 0.3) is 0 Å². The van der Waals surface area contributed by atoms with Crippen molar-refractivity contribution in [3.63, 3.8) is 0 Å². The first kappa shape index (κ1) is 34.1. The molecule has 0 unspecified atom stereocenters. The third-order valence-corrected chi connectivity index (χ3v) is 6.62. The quantitative estimate of drug-likeness (QED) is 0.224. The molecule has 0 fully saturated rings. The van der Waals surface area contributed by atoms with Crippen molar-refractivity contribution in [2.45, 2.75) is 46.3 Å². The highest BCUT2D eigenvalue weighted by atomic mass is 16.6. The van der Waals surface area contributed by atoms with Crippen LogP contribution in [0.15, 0.2) is 42.5 Å². The summed E-state index contributed by atoms with van der Waals surface area (Å²) in [5.41, 5.74) is 0.740. The average Bonchev–Trinajstić information content (AvgIpc) is 3.00. The Morgan fingerprint density at radius 3 is 1.77 bits per heavy atom. The van der Waals surface area contributed by atoms with Crippen LogP contribution >= 0.6 is 0 Å². The molecule has 0 saturated carbocycles. The first-order chi connectivity index (χ1) is 22.3. The number of benzene rings is 3. The van der Waals surface area contributed by atoms with Crippen molar-refractivity contribution in [3.8, 4) is 46.0 Å². The summed E-state index contributed by atoms with van der Waals surface area (Å²) in [5.74, 6) is -2.66. The Morgan fingerprint density at radius 1 is 0.638 bits per heavy atom. The molecule has 4 rings (SSSR count). The van der Waals surface area contributed by atoms with Crippen molar-refractivity contribution in [1.29, 1.82) is 0 Å². The molecule has 1 heterocycles. The van der Waals surface area contributed by atoms with Gasteiger partial charge in [0.05, 0.1) is 26.9 Å². The molecule has 248 valence electrons. The smallest absolute Gasteiger partial charge is 0.338 e. The molecule has 0 spiro atoms. The molecule has 2 atom stereocenters. The maximum absolute atomic E-state index is 13.7. The number of hydrogen-bond acceptors (Lipinski definition) is 14. The fourth-order valence-corrected chi connectivity index (χ4v) is 4.86. The number of carbonyl (C=O) groups is 5. The molecule has 3 aromatic carbocycles. The highest BCUT2D eigenvalue weighted by Gasteiger charge is 2.38. The lowest BCUT2D eigenvalue weighted by Crippen LogP contribution is -2.35. The molecule has 1 aliphatic rings. The largest absolute Gasteiger partial charge is 0.493 e. The van der Waals surface area contributed by atoms with E-state index in [0.717, 1.165) is 0 Å². The fraction of sp³-hybridized carbons (Fsp3) is 0.303. The van der Waals surface area contributed by atoms with Crippen molar-refractivity contribution in [1.82, 2.24) is 0 Å². The van der Waals surface area contributed by atoms with Crippen molar-refractivity contribution in [3.05, 3.63) is 59.2 Å². The summed E-state index contributed by atoms with van der Waals surface area (Å²) in [4.78, 5) is 61.0. The van der Waals surface area contributed by atoms with E-state index in [0.29, 0.717) is 11.1 Å². The number of ether oxygens (including phenoxy) is 9. The summed E-state index contributed by atoms with van der Waals surface area (Å²) in [7, 11) is 4.22. The van der Waals surface area contributed by atoms with Gasteiger partial charge in [0.2, 0.25) is 5.75 Å². The summed E-state index contributed by atoms with van der Waals surface area (Å²) in [5, 5.41) is 0. The van der Waals surface area contributed by atoms with Gasteiger partial charge in [0.25, 0.3) is 0 Å². The van der Waals surface area contributed by atoms with E-state index >= 15 is 0 Å². The zero-order valence-electron chi connectivity index (χ0n) is 26.6. The number of carbonyl (C=O) groups excluding carboxylic acids is 5. The summed E-state index contributed by atoms with van der Waals surface area (Å²) in [6, 6.07) is 9.93. The number of fused-ring (bicyclic) bond motifs is 1. The van der Waals surface area contributed by atoms with Gasteiger partial charge in [-0.05, 0) is 24.3 Å². The monoisotopic (exact) mass is 652 g/mol. The highest BCUT2D eigenvalue weighted by molar-refractivity contribution is 5.91. The minimum Gasteiger partial charge on any atom is -0.493 e. The molecule has 47 heavy (non-hydrogen) atoms. The molecule has 0 N–H and O–H groups in total. The van der Waals surface area contributed by atoms with E-state index in [1.165, 1.54) is 91.5 Å². The highest BCUT2D eigenvalue weighted by Crippen LogP contribution is 2.45. The van der Waals surface area contributed by atoms with Crippen LogP contribution in [0.3, 0.4) is 0 Å². The maximum Gasteiger partial charge on any atom is 0.338 e. The van der Waals surface area contributed by atoms with Crippen molar-refractivity contribution < 1.29 is 66.6 Å². The minimum atomic E-state index is -1.09. The van der Waals surface area contributed by atoms with E-state index < -0.39 is 42.1 Å². The van der Waals surface area contributed by atoms with Gasteiger partial charge in [-0.25, -0.2) is 4.79 Å². The lowest BCUT2D eigenvalue weighted by atomic mass is 9.93. The molecule has 0 saturated heterocycles. The van der Waals surface area contributed by atoms with Gasteiger partial charge in [-0.1, -0.05) is 6.07 Å². The second-order valence-electron chi connectivity index (χ2n) is 10.1. The van der Waals surface area contributed by atoms with E-state index in [4.69, 9.17) is 42.6 Å². The van der Waals surface area contributed by atoms with Crippen LogP contribution in [0.2, 0.25) is 0 Å². The summed E-state index contributed by atoms with van der Waals surface area (Å²) >= 11 is 0. The molecule has 14 nitrogen and oxygen atoms in total.